The number of benzene rings is 1. The van der Waals surface area contributed by atoms with Crippen molar-refractivity contribution >= 4 is 11.8 Å². The lowest BCUT2D eigenvalue weighted by molar-refractivity contribution is -0.301. The third-order valence-electron chi connectivity index (χ3n) is 12.2. The fraction of sp³-hybridized carbons (Fsp3) is 0.830. The highest BCUT2D eigenvalue weighted by Crippen LogP contribution is 2.40. The van der Waals surface area contributed by atoms with Gasteiger partial charge >= 0.3 is 0 Å². The van der Waals surface area contributed by atoms with Crippen LogP contribution in [0.3, 0.4) is 0 Å². The monoisotopic (exact) mass is 1040 g/mol. The highest BCUT2D eigenvalue weighted by Gasteiger charge is 2.46. The number of rotatable bonds is 31. The van der Waals surface area contributed by atoms with Crippen LogP contribution in [0.5, 0.6) is 17.2 Å². The Kier molecular flexibility index (Phi) is 26.5. The number of aliphatic hydroxyl groups excluding tert-OH is 12. The summed E-state index contributed by atoms with van der Waals surface area (Å²) >= 11 is 0. The standard InChI is InChI=1S/C47H80N2O23/c1-47(2,3)46(63)49-14-13-48-42(62)26-21-27(64-15-7-4-10-18-67-43-38(59)35(56)32(53)29(23-50)70-43)41(66-17-9-6-12-20-69-45-40(61)37(58)34(55)31(25-52)72-45)28(22-26)65-16-8-5-11-19-68-44-39(60)36(57)33(54)30(24-51)71-44/h21-22,29-40,43-45,50-61H,4-20,23-25H2,1-3H3,(H,48,62)(H,49,63)/t29?,30?,31?,32-,33-,34-,35+,36+,37+,38?,39?,40?,43+,44+,45+/m1/s1. The van der Waals surface area contributed by atoms with Gasteiger partial charge in [0.1, 0.15) is 73.2 Å². The van der Waals surface area contributed by atoms with Crippen molar-refractivity contribution in [3.05, 3.63) is 17.7 Å². The van der Waals surface area contributed by atoms with Gasteiger partial charge in [0.25, 0.3) is 5.91 Å². The first kappa shape index (κ1) is 61.4. The normalized spacial score (nSPS) is 31.0. The number of ether oxygens (including phenoxy) is 9. The molecule has 416 valence electrons. The summed E-state index contributed by atoms with van der Waals surface area (Å²) in [6.45, 7) is 4.58. The molecule has 1 aromatic carbocycles. The van der Waals surface area contributed by atoms with Crippen molar-refractivity contribution in [1.29, 1.82) is 0 Å². The third kappa shape index (κ3) is 18.3. The number of carbonyl (C=O) groups excluding carboxylic acids is 2. The van der Waals surface area contributed by atoms with E-state index in [1.807, 2.05) is 0 Å². The van der Waals surface area contributed by atoms with E-state index in [-0.39, 0.29) is 81.4 Å². The van der Waals surface area contributed by atoms with Gasteiger partial charge < -0.3 is 115 Å². The topological polar surface area (TPSA) is 384 Å². The van der Waals surface area contributed by atoms with Crippen LogP contribution in [0.4, 0.5) is 0 Å². The van der Waals surface area contributed by atoms with E-state index in [2.05, 4.69) is 10.6 Å². The summed E-state index contributed by atoms with van der Waals surface area (Å²) in [4.78, 5) is 26.0. The van der Waals surface area contributed by atoms with E-state index in [1.54, 1.807) is 20.8 Å². The number of aliphatic hydroxyl groups is 12. The van der Waals surface area contributed by atoms with Crippen LogP contribution in [0.1, 0.15) is 88.9 Å². The van der Waals surface area contributed by atoms with Crippen molar-refractivity contribution in [3.8, 4) is 17.2 Å². The van der Waals surface area contributed by atoms with Gasteiger partial charge in [0.2, 0.25) is 11.7 Å². The molecule has 1 aromatic rings. The average Bonchev–Trinajstić information content (AvgIpc) is 3.36. The highest BCUT2D eigenvalue weighted by atomic mass is 16.7. The smallest absolute Gasteiger partial charge is 0.251 e. The Balaban J connectivity index is 1.41. The zero-order chi connectivity index (χ0) is 53.0. The van der Waals surface area contributed by atoms with Crippen LogP contribution < -0.4 is 24.8 Å². The molecule has 0 aromatic heterocycles. The lowest BCUT2D eigenvalue weighted by atomic mass is 9.96. The van der Waals surface area contributed by atoms with Gasteiger partial charge in [0.15, 0.2) is 30.4 Å². The summed E-state index contributed by atoms with van der Waals surface area (Å²) in [6, 6.07) is 3.02. The van der Waals surface area contributed by atoms with E-state index in [4.69, 9.17) is 42.6 Å². The number of carbonyl (C=O) groups is 2. The Morgan fingerprint density at radius 1 is 0.472 bits per heavy atom. The number of unbranched alkanes of at least 4 members (excludes halogenated alkanes) is 6. The maximum absolute atomic E-state index is 13.6. The van der Waals surface area contributed by atoms with Crippen molar-refractivity contribution in [2.75, 3.05) is 72.6 Å². The molecule has 0 aliphatic carbocycles. The minimum Gasteiger partial charge on any atom is -0.490 e. The molecule has 25 heteroatoms. The second-order valence-electron chi connectivity index (χ2n) is 19.0. The SMILES string of the molecule is CC(C)(C)C(=O)NCCNC(=O)c1cc(OCCCCCO[C@H]2OC(CO)[C@@H](O)[C@H](O)C2O)c(OCCCCCO[C@H]2OC(CO)[C@@H](O)[C@H](O)C2O)c(OCCCCCO[C@H]2OC(CO)[C@@H](O)[C@H](O)C2O)c1. The summed E-state index contributed by atoms with van der Waals surface area (Å²) in [5, 5.41) is 125. The molecule has 0 radical (unpaired) electrons. The number of amides is 2. The second-order valence-corrected chi connectivity index (χ2v) is 19.0. The summed E-state index contributed by atoms with van der Waals surface area (Å²) in [6.07, 6.45) is -16.4. The van der Waals surface area contributed by atoms with Crippen molar-refractivity contribution in [1.82, 2.24) is 10.6 Å². The van der Waals surface area contributed by atoms with Gasteiger partial charge in [-0.05, 0) is 69.9 Å². The molecule has 3 aliphatic heterocycles. The highest BCUT2D eigenvalue weighted by molar-refractivity contribution is 5.95. The molecule has 3 aliphatic rings. The summed E-state index contributed by atoms with van der Waals surface area (Å²) in [5.41, 5.74) is -0.463. The lowest BCUT2D eigenvalue weighted by Gasteiger charge is -2.39. The van der Waals surface area contributed by atoms with Crippen LogP contribution in [-0.4, -0.2) is 238 Å². The maximum atomic E-state index is 13.6. The number of nitrogens with one attached hydrogen (secondary N) is 2. The Hall–Kier alpha value is -3.16. The summed E-state index contributed by atoms with van der Waals surface area (Å²) in [5.74, 6) is -0.0908. The molecule has 14 N–H and O–H groups in total. The van der Waals surface area contributed by atoms with Gasteiger partial charge in [-0.3, -0.25) is 9.59 Å². The van der Waals surface area contributed by atoms with E-state index in [9.17, 15) is 70.9 Å². The molecule has 4 rings (SSSR count). The van der Waals surface area contributed by atoms with E-state index < -0.39 is 123 Å². The van der Waals surface area contributed by atoms with Gasteiger partial charge in [-0.25, -0.2) is 0 Å². The van der Waals surface area contributed by atoms with E-state index in [1.165, 1.54) is 12.1 Å². The molecular formula is C47H80N2O23. The lowest BCUT2D eigenvalue weighted by Crippen LogP contribution is -2.59. The van der Waals surface area contributed by atoms with Crippen molar-refractivity contribution < 1.29 is 113 Å². The first-order valence-electron chi connectivity index (χ1n) is 24.7. The minimum absolute atomic E-state index is 0.105. The van der Waals surface area contributed by atoms with E-state index >= 15 is 0 Å². The van der Waals surface area contributed by atoms with Crippen LogP contribution in [-0.2, 0) is 33.2 Å². The molecule has 72 heavy (non-hydrogen) atoms. The average molecular weight is 1040 g/mol. The first-order valence-corrected chi connectivity index (χ1v) is 24.7. The molecule has 0 bridgehead atoms. The fourth-order valence-electron chi connectivity index (χ4n) is 7.68. The Morgan fingerprint density at radius 2 is 0.806 bits per heavy atom. The number of hydrogen-bond acceptors (Lipinski definition) is 23. The zero-order valence-electron chi connectivity index (χ0n) is 41.3. The van der Waals surface area contributed by atoms with Crippen LogP contribution in [0.15, 0.2) is 12.1 Å². The van der Waals surface area contributed by atoms with Crippen molar-refractivity contribution in [2.24, 2.45) is 5.41 Å². The molecule has 0 spiro atoms. The first-order chi connectivity index (χ1) is 34.3. The molecule has 3 saturated heterocycles. The van der Waals surface area contributed by atoms with Gasteiger partial charge in [-0.1, -0.05) is 20.8 Å². The number of hydrogen-bond donors (Lipinski definition) is 14. The summed E-state index contributed by atoms with van der Waals surface area (Å²) < 4.78 is 51.8. The zero-order valence-corrected chi connectivity index (χ0v) is 41.3. The van der Waals surface area contributed by atoms with E-state index in [0.29, 0.717) is 57.8 Å². The predicted molar refractivity (Wildman–Crippen MR) is 248 cm³/mol. The Morgan fingerprint density at radius 3 is 1.15 bits per heavy atom. The molecule has 3 heterocycles. The van der Waals surface area contributed by atoms with Crippen LogP contribution in [0, 0.1) is 5.41 Å². The fourth-order valence-corrected chi connectivity index (χ4v) is 7.68. The van der Waals surface area contributed by atoms with Crippen LogP contribution >= 0.6 is 0 Å². The molecule has 2 amide bonds. The van der Waals surface area contributed by atoms with Crippen molar-refractivity contribution in [2.45, 2.75) is 171 Å². The molecule has 15 atom stereocenters. The Bertz CT molecular complexity index is 1650. The predicted octanol–water partition coefficient (Wildman–Crippen LogP) is -3.32. The molecule has 6 unspecified atom stereocenters. The maximum Gasteiger partial charge on any atom is 0.251 e. The van der Waals surface area contributed by atoms with Crippen LogP contribution in [0.25, 0.3) is 0 Å². The van der Waals surface area contributed by atoms with E-state index in [0.717, 1.165) is 0 Å². The summed E-state index contributed by atoms with van der Waals surface area (Å²) in [7, 11) is 0. The largest absolute Gasteiger partial charge is 0.490 e. The minimum atomic E-state index is -1.57. The van der Waals surface area contributed by atoms with Gasteiger partial charge in [-0.15, -0.1) is 0 Å². The second kappa shape index (κ2) is 31.0. The molecule has 25 nitrogen and oxygen atoms in total. The molecule has 3 fully saturated rings. The quantitative estimate of drug-likeness (QED) is 0.0324. The van der Waals surface area contributed by atoms with Crippen molar-refractivity contribution in [3.63, 3.8) is 0 Å². The van der Waals surface area contributed by atoms with Gasteiger partial charge in [0.05, 0.1) is 39.6 Å². The van der Waals surface area contributed by atoms with Gasteiger partial charge in [0, 0.05) is 43.9 Å². The Labute approximate surface area is 418 Å². The van der Waals surface area contributed by atoms with Crippen LogP contribution in [0.2, 0.25) is 0 Å². The molecule has 0 saturated carbocycles. The molecular weight excluding hydrogens is 961 g/mol. The van der Waals surface area contributed by atoms with Gasteiger partial charge in [-0.2, -0.15) is 0 Å². The third-order valence-corrected chi connectivity index (χ3v) is 12.2.